The molecule has 2 aromatic rings. The second-order valence-electron chi connectivity index (χ2n) is 8.11. The van der Waals surface area contributed by atoms with Crippen molar-refractivity contribution in [3.63, 3.8) is 0 Å². The predicted molar refractivity (Wildman–Crippen MR) is 140 cm³/mol. The van der Waals surface area contributed by atoms with E-state index in [2.05, 4.69) is 98.1 Å². The molecular weight excluding hydrogens is 431 g/mol. The monoisotopic (exact) mass is 463 g/mol. The highest BCUT2D eigenvalue weighted by atomic mass is 32.2. The number of hydrazone groups is 1. The number of benzene rings is 2. The molecule has 0 amide bonds. The smallest absolute Gasteiger partial charge is 0.0704 e. The molecule has 0 N–H and O–H groups in total. The van der Waals surface area contributed by atoms with Crippen molar-refractivity contribution >= 4 is 36.0 Å². The van der Waals surface area contributed by atoms with Crippen LogP contribution in [-0.4, -0.2) is 48.5 Å². The highest BCUT2D eigenvalue weighted by Gasteiger charge is 2.41. The fraction of sp³-hybridized carbons (Fsp3) is 0.333. The highest BCUT2D eigenvalue weighted by Crippen LogP contribution is 2.56. The number of thioether (sulfide) groups is 1. The summed E-state index contributed by atoms with van der Waals surface area (Å²) in [6.07, 6.45) is 11.3. The molecule has 1 aliphatic carbocycles. The third-order valence-electron chi connectivity index (χ3n) is 6.02. The van der Waals surface area contributed by atoms with Gasteiger partial charge < -0.3 is 4.74 Å². The van der Waals surface area contributed by atoms with Crippen molar-refractivity contribution in [1.82, 2.24) is 5.01 Å². The summed E-state index contributed by atoms with van der Waals surface area (Å²) in [5, 5.41) is 10.6. The Balaban J connectivity index is 1.70. The Bertz CT molecular complexity index is 823. The van der Waals surface area contributed by atoms with Gasteiger partial charge in [-0.05, 0) is 63.8 Å². The van der Waals surface area contributed by atoms with Crippen molar-refractivity contribution in [2.24, 2.45) is 5.10 Å². The van der Waals surface area contributed by atoms with E-state index in [1.54, 1.807) is 7.11 Å². The molecule has 167 valence electrons. The van der Waals surface area contributed by atoms with E-state index in [-0.39, 0.29) is 0 Å². The summed E-state index contributed by atoms with van der Waals surface area (Å²) in [5.41, 5.74) is 2.57. The van der Waals surface area contributed by atoms with Crippen molar-refractivity contribution in [1.29, 1.82) is 0 Å². The summed E-state index contributed by atoms with van der Waals surface area (Å²) in [6.45, 7) is 4.01. The van der Waals surface area contributed by atoms with Crippen molar-refractivity contribution in [2.45, 2.75) is 31.1 Å². The highest BCUT2D eigenvalue weighted by molar-refractivity contribution is 7.99. The average molecular weight is 464 g/mol. The normalized spacial score (nSPS) is 21.6. The Kier molecular flexibility index (Phi) is 8.68. The summed E-state index contributed by atoms with van der Waals surface area (Å²) in [7, 11) is 1.12. The molecule has 2 atom stereocenters. The molecule has 2 fully saturated rings. The van der Waals surface area contributed by atoms with Crippen LogP contribution < -0.4 is 10.6 Å². The van der Waals surface area contributed by atoms with Gasteiger partial charge in [-0.15, -0.1) is 0 Å². The molecule has 1 heterocycles. The quantitative estimate of drug-likeness (QED) is 0.383. The topological polar surface area (TPSA) is 24.8 Å². The lowest BCUT2D eigenvalue weighted by atomic mass is 9.99. The Labute approximate surface area is 199 Å². The van der Waals surface area contributed by atoms with Crippen molar-refractivity contribution in [3.8, 4) is 0 Å². The van der Waals surface area contributed by atoms with Crippen molar-refractivity contribution in [3.05, 3.63) is 91.5 Å². The third-order valence-corrected chi connectivity index (χ3v) is 9.45. The molecule has 5 radical (unpaired) electrons. The molecule has 0 unspecified atom stereocenters. The minimum absolute atomic E-state index is 0.309. The van der Waals surface area contributed by atoms with E-state index in [4.69, 9.17) is 9.84 Å². The van der Waals surface area contributed by atoms with Crippen molar-refractivity contribution < 1.29 is 4.74 Å². The van der Waals surface area contributed by atoms with Gasteiger partial charge in [0.25, 0.3) is 0 Å². The standard InChI is InChI=1S/C27H32N2OPS/c1-21(32-3)27(28-29-19-11-12-22(29)20-30-2)25-17-10-18-26(25)31(23-13-6-4-7-14-23)24-15-8-5-9-16-24/h4-10,13-18,21-22H,11-12,19-20H2,1-3H3/b28-27+/t21-,22+/m1/s1. The van der Waals surface area contributed by atoms with E-state index in [1.807, 2.05) is 11.8 Å². The lowest BCUT2D eigenvalue weighted by Crippen LogP contribution is -2.34. The first-order chi connectivity index (χ1) is 15.7. The van der Waals surface area contributed by atoms with Gasteiger partial charge in [0.2, 0.25) is 0 Å². The van der Waals surface area contributed by atoms with Gasteiger partial charge in [0.05, 0.1) is 18.4 Å². The van der Waals surface area contributed by atoms with Gasteiger partial charge in [0.15, 0.2) is 0 Å². The van der Waals surface area contributed by atoms with Crippen LogP contribution in [0.25, 0.3) is 0 Å². The zero-order valence-electron chi connectivity index (χ0n) is 19.1. The molecular formula is C27H32N2OPS. The largest absolute Gasteiger partial charge is 0.382 e. The maximum absolute atomic E-state index is 5.48. The summed E-state index contributed by atoms with van der Waals surface area (Å²) in [5.74, 6) is 1.29. The van der Waals surface area contributed by atoms with E-state index in [0.717, 1.165) is 19.6 Å². The molecule has 1 aliphatic heterocycles. The molecule has 0 bridgehead atoms. The molecule has 2 aromatic carbocycles. The Morgan fingerprint density at radius 2 is 1.75 bits per heavy atom. The molecule has 3 nitrogen and oxygen atoms in total. The summed E-state index contributed by atoms with van der Waals surface area (Å²) >= 11 is 1.86. The second kappa shape index (κ2) is 11.7. The van der Waals surface area contributed by atoms with Crippen LogP contribution in [0.3, 0.4) is 0 Å². The van der Waals surface area contributed by atoms with Gasteiger partial charge in [0, 0.05) is 30.5 Å². The number of methoxy groups -OCH3 is 1. The van der Waals surface area contributed by atoms with Crippen LogP contribution in [0.2, 0.25) is 0 Å². The van der Waals surface area contributed by atoms with Gasteiger partial charge in [-0.1, -0.05) is 60.7 Å². The molecule has 0 spiro atoms. The maximum Gasteiger partial charge on any atom is 0.0704 e. The number of nitrogens with zero attached hydrogens (tertiary/aromatic N) is 2. The SMILES string of the molecule is COC[C@@H]1CCCN1/N=C(/[C]1[CH][CH][CH][C]1P(c1ccccc1)c1ccccc1)[C@@H](C)SC. The van der Waals surface area contributed by atoms with Crippen LogP contribution in [0, 0.1) is 30.8 Å². The van der Waals surface area contributed by atoms with Gasteiger partial charge in [0.1, 0.15) is 0 Å². The average Bonchev–Trinajstić information content (AvgIpc) is 3.48. The predicted octanol–water partition coefficient (Wildman–Crippen LogP) is 5.07. The van der Waals surface area contributed by atoms with Gasteiger partial charge in [-0.25, -0.2) is 0 Å². The summed E-state index contributed by atoms with van der Waals surface area (Å²) < 4.78 is 5.48. The molecule has 32 heavy (non-hydrogen) atoms. The number of hydrogen-bond acceptors (Lipinski definition) is 4. The first-order valence-corrected chi connectivity index (χ1v) is 13.9. The zero-order valence-corrected chi connectivity index (χ0v) is 20.9. The molecule has 5 heteroatoms. The van der Waals surface area contributed by atoms with Gasteiger partial charge in [-0.2, -0.15) is 16.9 Å². The van der Waals surface area contributed by atoms with Crippen LogP contribution in [0.5, 0.6) is 0 Å². The van der Waals surface area contributed by atoms with Crippen LogP contribution >= 0.6 is 19.7 Å². The van der Waals surface area contributed by atoms with Gasteiger partial charge >= 0.3 is 0 Å². The van der Waals surface area contributed by atoms with Crippen LogP contribution in [0.15, 0.2) is 65.8 Å². The molecule has 1 saturated heterocycles. The molecule has 4 rings (SSSR count). The number of rotatable bonds is 9. The number of ether oxygens (including phenoxy) is 1. The second-order valence-corrected chi connectivity index (χ2v) is 11.5. The fourth-order valence-corrected chi connectivity index (χ4v) is 7.18. The maximum atomic E-state index is 5.48. The minimum atomic E-state index is -0.661. The van der Waals surface area contributed by atoms with E-state index >= 15 is 0 Å². The van der Waals surface area contributed by atoms with Crippen LogP contribution in [-0.2, 0) is 4.74 Å². The van der Waals surface area contributed by atoms with E-state index < -0.39 is 7.92 Å². The van der Waals surface area contributed by atoms with Crippen LogP contribution in [0.1, 0.15) is 19.8 Å². The van der Waals surface area contributed by atoms with Crippen molar-refractivity contribution in [2.75, 3.05) is 26.5 Å². The molecule has 2 aliphatic rings. The van der Waals surface area contributed by atoms with E-state index in [1.165, 1.54) is 34.3 Å². The zero-order chi connectivity index (χ0) is 22.3. The third kappa shape index (κ3) is 5.41. The van der Waals surface area contributed by atoms with Crippen LogP contribution in [0.4, 0.5) is 0 Å². The molecule has 0 aromatic heterocycles. The number of hydrogen-bond donors (Lipinski definition) is 0. The summed E-state index contributed by atoms with van der Waals surface area (Å²) in [4.78, 5) is 0. The van der Waals surface area contributed by atoms with Gasteiger partial charge in [-0.3, -0.25) is 5.01 Å². The lowest BCUT2D eigenvalue weighted by molar-refractivity contribution is 0.118. The van der Waals surface area contributed by atoms with E-state index in [9.17, 15) is 0 Å². The van der Waals surface area contributed by atoms with E-state index in [0.29, 0.717) is 11.3 Å². The lowest BCUT2D eigenvalue weighted by Gasteiger charge is -2.32. The first-order valence-electron chi connectivity index (χ1n) is 11.3. The Morgan fingerprint density at radius 1 is 1.09 bits per heavy atom. The Morgan fingerprint density at radius 3 is 2.34 bits per heavy atom. The molecule has 1 saturated carbocycles. The Hall–Kier alpha value is -1.35. The summed E-state index contributed by atoms with van der Waals surface area (Å²) in [6, 6.07) is 22.2. The minimum Gasteiger partial charge on any atom is -0.382 e. The fourth-order valence-electron chi connectivity index (χ4n) is 4.32. The first kappa shape index (κ1) is 23.8.